The van der Waals surface area contributed by atoms with Crippen molar-refractivity contribution in [2.45, 2.75) is 19.8 Å². The van der Waals surface area contributed by atoms with E-state index >= 15 is 0 Å². The molecule has 1 aromatic heterocycles. The van der Waals surface area contributed by atoms with Crippen molar-refractivity contribution in [1.29, 1.82) is 0 Å². The number of aryl methyl sites for hydroxylation is 1. The number of hydrogen-bond donors (Lipinski definition) is 1. The molecule has 0 saturated heterocycles. The van der Waals surface area contributed by atoms with Gasteiger partial charge in [-0.05, 0) is 40.5 Å². The van der Waals surface area contributed by atoms with Crippen molar-refractivity contribution in [2.24, 2.45) is 0 Å². The van der Waals surface area contributed by atoms with E-state index in [9.17, 15) is 4.39 Å². The first kappa shape index (κ1) is 14.2. The molecule has 1 N–H and O–H groups in total. The molecular formula is C13H12BrClFN3. The summed E-state index contributed by atoms with van der Waals surface area (Å²) in [5.74, 6) is 0.950. The Morgan fingerprint density at radius 3 is 2.74 bits per heavy atom. The molecule has 6 heteroatoms. The minimum Gasteiger partial charge on any atom is -0.340 e. The highest BCUT2D eigenvalue weighted by Crippen LogP contribution is 2.22. The molecule has 0 saturated carbocycles. The van der Waals surface area contributed by atoms with Crippen molar-refractivity contribution < 1.29 is 4.39 Å². The molecule has 0 aliphatic heterocycles. The molecule has 0 aliphatic carbocycles. The molecular weight excluding hydrogens is 333 g/mol. The summed E-state index contributed by atoms with van der Waals surface area (Å²) >= 11 is 9.14. The summed E-state index contributed by atoms with van der Waals surface area (Å²) < 4.78 is 13.9. The highest BCUT2D eigenvalue weighted by atomic mass is 79.9. The van der Waals surface area contributed by atoms with E-state index in [2.05, 4.69) is 38.1 Å². The molecule has 0 amide bonds. The van der Waals surface area contributed by atoms with E-state index in [-0.39, 0.29) is 0 Å². The van der Waals surface area contributed by atoms with E-state index in [0.717, 1.165) is 18.7 Å². The van der Waals surface area contributed by atoms with Crippen LogP contribution in [-0.4, -0.2) is 9.97 Å². The summed E-state index contributed by atoms with van der Waals surface area (Å²) in [7, 11) is 0. The van der Waals surface area contributed by atoms with E-state index in [1.54, 1.807) is 12.1 Å². The lowest BCUT2D eigenvalue weighted by Gasteiger charge is -2.08. The van der Waals surface area contributed by atoms with Gasteiger partial charge in [0.05, 0.1) is 0 Å². The second-order valence-corrected chi connectivity index (χ2v) is 5.27. The molecule has 0 spiro atoms. The molecule has 2 rings (SSSR count). The van der Waals surface area contributed by atoms with Crippen LogP contribution in [0.5, 0.6) is 0 Å². The van der Waals surface area contributed by atoms with E-state index in [1.165, 1.54) is 12.1 Å². The second kappa shape index (κ2) is 6.30. The summed E-state index contributed by atoms with van der Waals surface area (Å²) in [5, 5.41) is 3.36. The molecule has 3 nitrogen and oxygen atoms in total. The number of hydrogen-bond acceptors (Lipinski definition) is 3. The van der Waals surface area contributed by atoms with Crippen molar-refractivity contribution in [2.75, 3.05) is 5.32 Å². The van der Waals surface area contributed by atoms with Crippen LogP contribution in [0.1, 0.15) is 19.2 Å². The third-order valence-corrected chi connectivity index (χ3v) is 2.97. The molecule has 0 radical (unpaired) electrons. The second-order valence-electron chi connectivity index (χ2n) is 4.03. The SMILES string of the molecule is CCCc1nc(Br)cc(Nc2cc(F)cc(Cl)c2)n1. The highest BCUT2D eigenvalue weighted by Gasteiger charge is 2.05. The largest absolute Gasteiger partial charge is 0.340 e. The maximum absolute atomic E-state index is 13.2. The fourth-order valence-corrected chi connectivity index (χ4v) is 2.28. The molecule has 0 aliphatic rings. The molecule has 0 bridgehead atoms. The fourth-order valence-electron chi connectivity index (χ4n) is 1.64. The zero-order chi connectivity index (χ0) is 13.8. The molecule has 1 aromatic carbocycles. The van der Waals surface area contributed by atoms with Crippen LogP contribution < -0.4 is 5.32 Å². The van der Waals surface area contributed by atoms with Crippen LogP contribution in [0.25, 0.3) is 0 Å². The number of benzene rings is 1. The molecule has 0 fully saturated rings. The van der Waals surface area contributed by atoms with Crippen LogP contribution >= 0.6 is 27.5 Å². The van der Waals surface area contributed by atoms with Crippen molar-refractivity contribution in [3.63, 3.8) is 0 Å². The zero-order valence-electron chi connectivity index (χ0n) is 10.3. The van der Waals surface area contributed by atoms with Gasteiger partial charge in [-0.3, -0.25) is 0 Å². The summed E-state index contributed by atoms with van der Waals surface area (Å²) in [6.07, 6.45) is 1.75. The van der Waals surface area contributed by atoms with Gasteiger partial charge in [0.1, 0.15) is 22.1 Å². The van der Waals surface area contributed by atoms with Crippen LogP contribution in [0.4, 0.5) is 15.9 Å². The standard InChI is InChI=1S/C13H12BrClFN3/c1-2-3-12-18-11(14)7-13(19-12)17-10-5-8(15)4-9(16)6-10/h4-7H,2-3H2,1H3,(H,17,18,19). The lowest BCUT2D eigenvalue weighted by atomic mass is 10.3. The number of nitrogens with one attached hydrogen (secondary N) is 1. The van der Waals surface area contributed by atoms with E-state index in [1.807, 2.05) is 0 Å². The van der Waals surface area contributed by atoms with Gasteiger partial charge in [-0.15, -0.1) is 0 Å². The Morgan fingerprint density at radius 1 is 1.26 bits per heavy atom. The average Bonchev–Trinajstić information content (AvgIpc) is 2.26. The van der Waals surface area contributed by atoms with Gasteiger partial charge in [0.2, 0.25) is 0 Å². The van der Waals surface area contributed by atoms with Crippen molar-refractivity contribution in [3.05, 3.63) is 45.5 Å². The topological polar surface area (TPSA) is 37.8 Å². The molecule has 2 aromatic rings. The predicted octanol–water partition coefficient (Wildman–Crippen LogP) is 4.73. The first-order valence-corrected chi connectivity index (χ1v) is 7.00. The monoisotopic (exact) mass is 343 g/mol. The normalized spacial score (nSPS) is 10.5. The maximum Gasteiger partial charge on any atom is 0.135 e. The molecule has 100 valence electrons. The van der Waals surface area contributed by atoms with Gasteiger partial charge >= 0.3 is 0 Å². The Kier molecular flexibility index (Phi) is 4.71. The maximum atomic E-state index is 13.2. The number of anilines is 2. The number of rotatable bonds is 4. The van der Waals surface area contributed by atoms with Crippen LogP contribution in [0, 0.1) is 5.82 Å². The number of aromatic nitrogens is 2. The average molecular weight is 345 g/mol. The Bertz CT molecular complexity index is 572. The van der Waals surface area contributed by atoms with Crippen LogP contribution in [0.3, 0.4) is 0 Å². The third kappa shape index (κ3) is 4.14. The van der Waals surface area contributed by atoms with Gasteiger partial charge in [0, 0.05) is 23.2 Å². The lowest BCUT2D eigenvalue weighted by Crippen LogP contribution is -2.00. The van der Waals surface area contributed by atoms with Gasteiger partial charge in [-0.1, -0.05) is 18.5 Å². The van der Waals surface area contributed by atoms with E-state index < -0.39 is 5.82 Å². The highest BCUT2D eigenvalue weighted by molar-refractivity contribution is 9.10. The molecule has 19 heavy (non-hydrogen) atoms. The van der Waals surface area contributed by atoms with Gasteiger partial charge in [0.15, 0.2) is 0 Å². The van der Waals surface area contributed by atoms with Crippen molar-refractivity contribution in [3.8, 4) is 0 Å². The predicted molar refractivity (Wildman–Crippen MR) is 78.4 cm³/mol. The van der Waals surface area contributed by atoms with Gasteiger partial charge in [-0.2, -0.15) is 0 Å². The Hall–Kier alpha value is -1.20. The van der Waals surface area contributed by atoms with Crippen LogP contribution in [0.15, 0.2) is 28.9 Å². The minimum absolute atomic E-state index is 0.337. The van der Waals surface area contributed by atoms with E-state index in [0.29, 0.717) is 21.1 Å². The van der Waals surface area contributed by atoms with Gasteiger partial charge < -0.3 is 5.32 Å². The first-order chi connectivity index (χ1) is 9.06. The minimum atomic E-state index is -0.392. The fraction of sp³-hybridized carbons (Fsp3) is 0.231. The molecule has 0 unspecified atom stereocenters. The zero-order valence-corrected chi connectivity index (χ0v) is 12.6. The van der Waals surface area contributed by atoms with Crippen molar-refractivity contribution in [1.82, 2.24) is 9.97 Å². The smallest absolute Gasteiger partial charge is 0.135 e. The van der Waals surface area contributed by atoms with Gasteiger partial charge in [-0.25, -0.2) is 14.4 Å². The summed E-state index contributed by atoms with van der Waals surface area (Å²) in [6.45, 7) is 2.06. The quantitative estimate of drug-likeness (QED) is 0.815. The Balaban J connectivity index is 2.27. The number of nitrogens with zero attached hydrogens (tertiary/aromatic N) is 2. The first-order valence-electron chi connectivity index (χ1n) is 5.83. The summed E-state index contributed by atoms with van der Waals surface area (Å²) in [5.41, 5.74) is 0.554. The number of halogens is 3. The van der Waals surface area contributed by atoms with Crippen molar-refractivity contribution >= 4 is 39.0 Å². The Morgan fingerprint density at radius 2 is 2.05 bits per heavy atom. The van der Waals surface area contributed by atoms with E-state index in [4.69, 9.17) is 11.6 Å². The Labute approximate surface area is 124 Å². The molecule has 1 heterocycles. The third-order valence-electron chi connectivity index (χ3n) is 2.35. The van der Waals surface area contributed by atoms with Crippen LogP contribution in [0.2, 0.25) is 5.02 Å². The summed E-state index contributed by atoms with van der Waals surface area (Å²) in [6, 6.07) is 5.99. The van der Waals surface area contributed by atoms with Crippen LogP contribution in [-0.2, 0) is 6.42 Å². The lowest BCUT2D eigenvalue weighted by molar-refractivity contribution is 0.628. The van der Waals surface area contributed by atoms with Gasteiger partial charge in [0.25, 0.3) is 0 Å². The summed E-state index contributed by atoms with van der Waals surface area (Å²) in [4.78, 5) is 8.63. The molecule has 0 atom stereocenters.